The highest BCUT2D eigenvalue weighted by atomic mass is 19.4. The summed E-state index contributed by atoms with van der Waals surface area (Å²) in [5, 5.41) is 0. The summed E-state index contributed by atoms with van der Waals surface area (Å²) in [4.78, 5) is 4.42. The molecule has 1 aliphatic rings. The van der Waals surface area contributed by atoms with Crippen LogP contribution in [0.1, 0.15) is 16.7 Å². The number of alkyl halides is 3. The number of nitrogens with zero attached hydrogens (tertiary/aromatic N) is 2. The highest BCUT2D eigenvalue weighted by Crippen LogP contribution is 2.32. The fourth-order valence-corrected chi connectivity index (χ4v) is 3.21. The van der Waals surface area contributed by atoms with Crippen molar-refractivity contribution in [3.8, 4) is 0 Å². The first-order chi connectivity index (χ1) is 12.5. The Morgan fingerprint density at radius 3 is 2.12 bits per heavy atom. The molecule has 0 radical (unpaired) electrons. The van der Waals surface area contributed by atoms with Gasteiger partial charge in [-0.15, -0.1) is 0 Å². The average Bonchev–Trinajstić information content (AvgIpc) is 2.64. The van der Waals surface area contributed by atoms with Gasteiger partial charge in [-0.2, -0.15) is 13.2 Å². The van der Waals surface area contributed by atoms with Crippen LogP contribution in [0, 0.1) is 0 Å². The summed E-state index contributed by atoms with van der Waals surface area (Å²) >= 11 is 0. The van der Waals surface area contributed by atoms with E-state index < -0.39 is 11.7 Å². The van der Waals surface area contributed by atoms with Crippen LogP contribution in [0.2, 0.25) is 0 Å². The molecule has 2 nitrogen and oxygen atoms in total. The van der Waals surface area contributed by atoms with Gasteiger partial charge in [-0.1, -0.05) is 60.7 Å². The molecule has 0 aliphatic carbocycles. The molecule has 0 amide bonds. The smallest absolute Gasteiger partial charge is 0.297 e. The highest BCUT2D eigenvalue weighted by molar-refractivity contribution is 5.48. The van der Waals surface area contributed by atoms with Gasteiger partial charge in [0.2, 0.25) is 0 Å². The molecule has 26 heavy (non-hydrogen) atoms. The Balaban J connectivity index is 1.49. The fourth-order valence-electron chi connectivity index (χ4n) is 3.21. The minimum absolute atomic E-state index is 0.351. The van der Waals surface area contributed by atoms with E-state index in [1.807, 2.05) is 18.2 Å². The third kappa shape index (κ3) is 5.19. The Morgan fingerprint density at radius 2 is 1.42 bits per heavy atom. The lowest BCUT2D eigenvalue weighted by Crippen LogP contribution is -2.45. The van der Waals surface area contributed by atoms with Gasteiger partial charge in [0.1, 0.15) is 0 Å². The summed E-state index contributed by atoms with van der Waals surface area (Å²) in [6, 6.07) is 16.0. The first kappa shape index (κ1) is 18.7. The molecule has 0 atom stereocenters. The lowest BCUT2D eigenvalue weighted by atomic mass is 10.1. The van der Waals surface area contributed by atoms with E-state index >= 15 is 0 Å². The van der Waals surface area contributed by atoms with Crippen LogP contribution < -0.4 is 0 Å². The van der Waals surface area contributed by atoms with Gasteiger partial charge >= 0.3 is 6.18 Å². The van der Waals surface area contributed by atoms with Crippen molar-refractivity contribution in [3.05, 3.63) is 77.4 Å². The van der Waals surface area contributed by atoms with Crippen LogP contribution in [0.25, 0.3) is 6.08 Å². The molecular weight excluding hydrogens is 337 g/mol. The summed E-state index contributed by atoms with van der Waals surface area (Å²) in [6.45, 7) is 4.52. The van der Waals surface area contributed by atoms with Gasteiger partial charge in [0.05, 0.1) is 5.56 Å². The quantitative estimate of drug-likeness (QED) is 0.773. The van der Waals surface area contributed by atoms with Gasteiger partial charge in [0.25, 0.3) is 0 Å². The molecule has 0 unspecified atom stereocenters. The van der Waals surface area contributed by atoms with Crippen LogP contribution in [0.5, 0.6) is 0 Å². The number of piperazine rings is 1. The van der Waals surface area contributed by atoms with Crippen molar-refractivity contribution < 1.29 is 13.2 Å². The van der Waals surface area contributed by atoms with Gasteiger partial charge in [-0.25, -0.2) is 0 Å². The summed E-state index contributed by atoms with van der Waals surface area (Å²) in [5.74, 6) is 0. The predicted molar refractivity (Wildman–Crippen MR) is 98.6 cm³/mol. The van der Waals surface area contributed by atoms with Crippen molar-refractivity contribution >= 4 is 6.08 Å². The first-order valence-electron chi connectivity index (χ1n) is 8.84. The van der Waals surface area contributed by atoms with Crippen LogP contribution in [0.4, 0.5) is 13.2 Å². The minimum Gasteiger partial charge on any atom is -0.297 e. The minimum atomic E-state index is -4.29. The van der Waals surface area contributed by atoms with Crippen LogP contribution in [-0.4, -0.2) is 42.5 Å². The van der Waals surface area contributed by atoms with Gasteiger partial charge in [-0.3, -0.25) is 9.80 Å². The molecular formula is C21H23F3N2. The zero-order chi connectivity index (χ0) is 18.4. The van der Waals surface area contributed by atoms with Crippen molar-refractivity contribution in [3.63, 3.8) is 0 Å². The maximum atomic E-state index is 13.1. The largest absolute Gasteiger partial charge is 0.416 e. The summed E-state index contributed by atoms with van der Waals surface area (Å²) in [7, 11) is 0. The van der Waals surface area contributed by atoms with Gasteiger partial charge < -0.3 is 0 Å². The number of rotatable bonds is 5. The Morgan fingerprint density at radius 1 is 0.808 bits per heavy atom. The molecule has 3 rings (SSSR count). The third-order valence-electron chi connectivity index (χ3n) is 4.66. The van der Waals surface area contributed by atoms with Crippen molar-refractivity contribution in [1.82, 2.24) is 9.80 Å². The average molecular weight is 360 g/mol. The van der Waals surface area contributed by atoms with Gasteiger partial charge in [0.15, 0.2) is 0 Å². The SMILES string of the molecule is FC(F)(F)c1ccccc1CN1CCN(C/C=C/c2ccccc2)CC1. The molecule has 1 fully saturated rings. The number of halogens is 3. The lowest BCUT2D eigenvalue weighted by molar-refractivity contribution is -0.138. The Kier molecular flexibility index (Phi) is 6.12. The van der Waals surface area contributed by atoms with Crippen molar-refractivity contribution in [1.29, 1.82) is 0 Å². The second-order valence-electron chi connectivity index (χ2n) is 6.54. The second-order valence-corrected chi connectivity index (χ2v) is 6.54. The first-order valence-corrected chi connectivity index (χ1v) is 8.84. The van der Waals surface area contributed by atoms with E-state index in [0.717, 1.165) is 32.7 Å². The molecule has 0 N–H and O–H groups in total. The standard InChI is InChI=1S/C21H23F3N2/c22-21(23,24)20-11-5-4-10-19(20)17-26-15-13-25(14-16-26)12-6-9-18-7-2-1-3-8-18/h1-11H,12-17H2/b9-6+. The van der Waals surface area contributed by atoms with Crippen molar-refractivity contribution in [2.45, 2.75) is 12.7 Å². The van der Waals surface area contributed by atoms with Crippen LogP contribution in [-0.2, 0) is 12.7 Å². The topological polar surface area (TPSA) is 6.48 Å². The maximum absolute atomic E-state index is 13.1. The second kappa shape index (κ2) is 8.52. The van der Waals surface area contributed by atoms with Crippen LogP contribution in [0.3, 0.4) is 0 Å². The van der Waals surface area contributed by atoms with E-state index in [1.165, 1.54) is 17.7 Å². The van der Waals surface area contributed by atoms with E-state index in [4.69, 9.17) is 0 Å². The van der Waals surface area contributed by atoms with Gasteiger partial charge in [0, 0.05) is 39.3 Å². The number of hydrogen-bond acceptors (Lipinski definition) is 2. The zero-order valence-corrected chi connectivity index (χ0v) is 14.6. The maximum Gasteiger partial charge on any atom is 0.416 e. The Labute approximate surface area is 152 Å². The lowest BCUT2D eigenvalue weighted by Gasteiger charge is -2.34. The predicted octanol–water partition coefficient (Wildman–Crippen LogP) is 4.54. The fraction of sp³-hybridized carbons (Fsp3) is 0.333. The van der Waals surface area contributed by atoms with Crippen molar-refractivity contribution in [2.75, 3.05) is 32.7 Å². The summed E-state index contributed by atoms with van der Waals surface area (Å²) < 4.78 is 39.3. The monoisotopic (exact) mass is 360 g/mol. The summed E-state index contributed by atoms with van der Waals surface area (Å²) in [5.41, 5.74) is 1.01. The molecule has 5 heteroatoms. The molecule has 0 bridgehead atoms. The van der Waals surface area contributed by atoms with Crippen LogP contribution >= 0.6 is 0 Å². The van der Waals surface area contributed by atoms with Gasteiger partial charge in [-0.05, 0) is 17.2 Å². The molecule has 2 aromatic carbocycles. The van der Waals surface area contributed by atoms with Crippen molar-refractivity contribution in [2.24, 2.45) is 0 Å². The van der Waals surface area contributed by atoms with E-state index in [-0.39, 0.29) is 0 Å². The molecule has 2 aromatic rings. The van der Waals surface area contributed by atoms with E-state index in [2.05, 4.69) is 34.1 Å². The third-order valence-corrected chi connectivity index (χ3v) is 4.66. The molecule has 138 valence electrons. The number of hydrogen-bond donors (Lipinski definition) is 0. The zero-order valence-electron chi connectivity index (χ0n) is 14.6. The highest BCUT2D eigenvalue weighted by Gasteiger charge is 2.33. The Hall–Kier alpha value is -2.11. The van der Waals surface area contributed by atoms with E-state index in [9.17, 15) is 13.2 Å². The molecule has 1 heterocycles. The van der Waals surface area contributed by atoms with E-state index in [1.54, 1.807) is 12.1 Å². The molecule has 0 aromatic heterocycles. The summed E-state index contributed by atoms with van der Waals surface area (Å²) in [6.07, 6.45) is -0.0451. The normalized spacial score (nSPS) is 17.0. The van der Waals surface area contributed by atoms with E-state index in [0.29, 0.717) is 12.1 Å². The Bertz CT molecular complexity index is 718. The molecule has 1 aliphatic heterocycles. The van der Waals surface area contributed by atoms with Crippen LogP contribution in [0.15, 0.2) is 60.7 Å². The number of benzene rings is 2. The molecule has 0 saturated carbocycles. The molecule has 0 spiro atoms. The molecule has 1 saturated heterocycles.